The number of aliphatic hydroxyl groups is 1. The van der Waals surface area contributed by atoms with Crippen LogP contribution in [-0.2, 0) is 11.0 Å². The number of thiazole rings is 1. The molecular weight excluding hydrogens is 352 g/mol. The largest absolute Gasteiger partial charge is 0.396 e. The summed E-state index contributed by atoms with van der Waals surface area (Å²) in [7, 11) is -1.13. The van der Waals surface area contributed by atoms with Crippen LogP contribution in [0.4, 0.5) is 0 Å². The van der Waals surface area contributed by atoms with Gasteiger partial charge < -0.3 is 5.11 Å². The van der Waals surface area contributed by atoms with Crippen molar-refractivity contribution in [3.63, 3.8) is 0 Å². The zero-order valence-corrected chi connectivity index (χ0v) is 17.0. The number of nitrogens with zero attached hydrogens (tertiary/aromatic N) is 1. The van der Waals surface area contributed by atoms with Gasteiger partial charge in [-0.1, -0.05) is 24.3 Å². The summed E-state index contributed by atoms with van der Waals surface area (Å²) in [5.41, 5.74) is 5.20. The second kappa shape index (κ2) is 9.03. The Kier molecular flexibility index (Phi) is 7.31. The second-order valence-electron chi connectivity index (χ2n) is 7.16. The summed E-state index contributed by atoms with van der Waals surface area (Å²) in [6.07, 6.45) is 2.50. The van der Waals surface area contributed by atoms with Gasteiger partial charge in [-0.15, -0.1) is 11.3 Å². The quantitative estimate of drug-likeness (QED) is 0.668. The molecule has 0 radical (unpaired) electrons. The highest BCUT2D eigenvalue weighted by molar-refractivity contribution is 7.84. The lowest BCUT2D eigenvalue weighted by Gasteiger charge is -2.25. The van der Waals surface area contributed by atoms with Crippen LogP contribution in [0.5, 0.6) is 0 Å². The van der Waals surface area contributed by atoms with Gasteiger partial charge in [-0.05, 0) is 58.1 Å². The summed E-state index contributed by atoms with van der Waals surface area (Å²) in [6, 6.07) is 8.44. The second-order valence-corrected chi connectivity index (χ2v) is 10.0. The minimum Gasteiger partial charge on any atom is -0.396 e. The predicted molar refractivity (Wildman–Crippen MR) is 107 cm³/mol. The van der Waals surface area contributed by atoms with Gasteiger partial charge in [0.1, 0.15) is 0 Å². The summed E-state index contributed by atoms with van der Waals surface area (Å²) in [6.45, 7) is 8.12. The number of aliphatic hydroxyl groups excluding tert-OH is 1. The average molecular weight is 381 g/mol. The first-order valence-corrected chi connectivity index (χ1v) is 10.6. The van der Waals surface area contributed by atoms with E-state index >= 15 is 0 Å². The molecule has 0 bridgehead atoms. The molecule has 6 heteroatoms. The summed E-state index contributed by atoms with van der Waals surface area (Å²) in [4.78, 5) is 5.50. The van der Waals surface area contributed by atoms with Gasteiger partial charge in [0.05, 0.1) is 31.8 Å². The highest BCUT2D eigenvalue weighted by atomic mass is 32.2. The lowest BCUT2D eigenvalue weighted by atomic mass is 10.00. The Labute approximate surface area is 157 Å². The Morgan fingerprint density at radius 2 is 1.92 bits per heavy atom. The topological polar surface area (TPSA) is 62.2 Å². The molecule has 0 spiro atoms. The Hall–Kier alpha value is -1.08. The van der Waals surface area contributed by atoms with Crippen LogP contribution in [0, 0.1) is 6.92 Å². The zero-order chi connectivity index (χ0) is 18.4. The molecule has 1 aromatic carbocycles. The third-order valence-corrected chi connectivity index (χ3v) is 6.62. The highest BCUT2D eigenvalue weighted by Gasteiger charge is 2.23. The van der Waals surface area contributed by atoms with Crippen LogP contribution in [0.3, 0.4) is 0 Å². The molecule has 2 N–H and O–H groups in total. The molecule has 2 aromatic rings. The van der Waals surface area contributed by atoms with Crippen LogP contribution in [0.1, 0.15) is 57.3 Å². The van der Waals surface area contributed by atoms with E-state index in [0.717, 1.165) is 36.1 Å². The van der Waals surface area contributed by atoms with Crippen LogP contribution < -0.4 is 4.72 Å². The number of aryl methyl sites for hydroxylation is 1. The molecule has 0 aliphatic heterocycles. The molecule has 0 saturated heterocycles. The van der Waals surface area contributed by atoms with Crippen molar-refractivity contribution in [3.8, 4) is 10.4 Å². The van der Waals surface area contributed by atoms with Crippen molar-refractivity contribution in [1.82, 2.24) is 9.71 Å². The van der Waals surface area contributed by atoms with Crippen molar-refractivity contribution < 1.29 is 9.32 Å². The van der Waals surface area contributed by atoms with Gasteiger partial charge in [-0.3, -0.25) is 0 Å². The van der Waals surface area contributed by atoms with Crippen molar-refractivity contribution in [2.45, 2.75) is 57.7 Å². The normalized spacial score (nSPS) is 14.4. The third-order valence-electron chi connectivity index (χ3n) is 4.03. The fraction of sp³-hybridized carbons (Fsp3) is 0.526. The van der Waals surface area contributed by atoms with Gasteiger partial charge in [0, 0.05) is 12.6 Å². The molecule has 138 valence electrons. The maximum Gasteiger partial charge on any atom is 0.0975 e. The van der Waals surface area contributed by atoms with Crippen LogP contribution in [0.25, 0.3) is 10.4 Å². The van der Waals surface area contributed by atoms with Crippen LogP contribution >= 0.6 is 11.3 Å². The molecular formula is C19H28N2O2S2. The van der Waals surface area contributed by atoms with E-state index in [2.05, 4.69) is 34.0 Å². The van der Waals surface area contributed by atoms with Crippen molar-refractivity contribution in [3.05, 3.63) is 41.0 Å². The summed E-state index contributed by atoms with van der Waals surface area (Å²) in [5.74, 6) is 0. The molecule has 1 heterocycles. The standard InChI is InChI=1S/C19H28N2O2S2/c1-14-18(24-13-20-14)16-10-8-15(9-11-16)17(7-5-6-12-22)21-25(23)19(2,3)4/h8-11,13,17,21-22H,5-7,12H2,1-4H3/t17-,25+/m0/s1. The smallest absolute Gasteiger partial charge is 0.0975 e. The van der Waals surface area contributed by atoms with Gasteiger partial charge in [0.25, 0.3) is 0 Å². The molecule has 1 aromatic heterocycles. The molecule has 2 rings (SSSR count). The van der Waals surface area contributed by atoms with Gasteiger partial charge in [0.15, 0.2) is 0 Å². The Morgan fingerprint density at radius 1 is 1.24 bits per heavy atom. The summed E-state index contributed by atoms with van der Waals surface area (Å²) >= 11 is 1.64. The Balaban J connectivity index is 2.18. The number of aromatic nitrogens is 1. The molecule has 0 saturated carbocycles. The van der Waals surface area contributed by atoms with Gasteiger partial charge in [0.2, 0.25) is 0 Å². The minimum absolute atomic E-state index is 0.0169. The van der Waals surface area contributed by atoms with E-state index in [9.17, 15) is 4.21 Å². The van der Waals surface area contributed by atoms with Crippen molar-refractivity contribution in [2.75, 3.05) is 6.61 Å². The van der Waals surface area contributed by atoms with E-state index in [1.807, 2.05) is 33.2 Å². The van der Waals surface area contributed by atoms with Crippen LogP contribution in [0.2, 0.25) is 0 Å². The third kappa shape index (κ3) is 5.71. The monoisotopic (exact) mass is 380 g/mol. The van der Waals surface area contributed by atoms with Crippen molar-refractivity contribution in [1.29, 1.82) is 0 Å². The molecule has 0 aliphatic rings. The van der Waals surface area contributed by atoms with Crippen molar-refractivity contribution >= 4 is 22.3 Å². The van der Waals surface area contributed by atoms with E-state index in [4.69, 9.17) is 5.11 Å². The van der Waals surface area contributed by atoms with E-state index < -0.39 is 11.0 Å². The summed E-state index contributed by atoms with van der Waals surface area (Å²) in [5, 5.41) is 9.04. The van der Waals surface area contributed by atoms with Crippen LogP contribution in [-0.4, -0.2) is 25.7 Å². The number of nitrogens with one attached hydrogen (secondary N) is 1. The first-order valence-electron chi connectivity index (χ1n) is 8.62. The predicted octanol–water partition coefficient (Wildman–Crippen LogP) is 4.37. The van der Waals surface area contributed by atoms with Gasteiger partial charge >= 0.3 is 0 Å². The number of rotatable bonds is 8. The number of unbranched alkanes of at least 4 members (excludes halogenated alkanes) is 1. The molecule has 0 unspecified atom stereocenters. The number of hydrogen-bond acceptors (Lipinski definition) is 4. The fourth-order valence-corrected chi connectivity index (χ4v) is 4.18. The first-order chi connectivity index (χ1) is 11.8. The zero-order valence-electron chi connectivity index (χ0n) is 15.4. The van der Waals surface area contributed by atoms with Crippen molar-refractivity contribution in [2.24, 2.45) is 0 Å². The molecule has 25 heavy (non-hydrogen) atoms. The van der Waals surface area contributed by atoms with E-state index in [-0.39, 0.29) is 17.4 Å². The highest BCUT2D eigenvalue weighted by Crippen LogP contribution is 2.29. The summed E-state index contributed by atoms with van der Waals surface area (Å²) < 4.78 is 15.5. The Morgan fingerprint density at radius 3 is 2.44 bits per heavy atom. The molecule has 2 atom stereocenters. The minimum atomic E-state index is -1.13. The lowest BCUT2D eigenvalue weighted by Crippen LogP contribution is -2.35. The molecule has 0 fully saturated rings. The fourth-order valence-electron chi connectivity index (χ4n) is 2.51. The van der Waals surface area contributed by atoms with Gasteiger partial charge in [-0.2, -0.15) is 0 Å². The van der Waals surface area contributed by atoms with E-state index in [1.54, 1.807) is 11.3 Å². The van der Waals surface area contributed by atoms with E-state index in [1.165, 1.54) is 4.88 Å². The number of hydrogen-bond donors (Lipinski definition) is 2. The van der Waals surface area contributed by atoms with Gasteiger partial charge in [-0.25, -0.2) is 13.9 Å². The Bertz CT molecular complexity index is 690. The van der Waals surface area contributed by atoms with Crippen LogP contribution in [0.15, 0.2) is 29.8 Å². The lowest BCUT2D eigenvalue weighted by molar-refractivity contribution is 0.281. The molecule has 0 amide bonds. The van der Waals surface area contributed by atoms with E-state index in [0.29, 0.717) is 0 Å². The SMILES string of the molecule is Cc1ncsc1-c1ccc([C@H](CCCCO)N[S@](=O)C(C)(C)C)cc1. The molecule has 0 aliphatic carbocycles. The maximum atomic E-state index is 12.5. The first kappa shape index (κ1) is 20.2. The molecule has 4 nitrogen and oxygen atoms in total. The maximum absolute atomic E-state index is 12.5. The number of benzene rings is 1. The average Bonchev–Trinajstić information content (AvgIpc) is 2.99.